The van der Waals surface area contributed by atoms with E-state index >= 15 is 0 Å². The topological polar surface area (TPSA) is 9.23 Å². The van der Waals surface area contributed by atoms with Gasteiger partial charge in [0, 0.05) is 26.1 Å². The number of halogens is 14. The molecule has 0 aliphatic carbocycles. The van der Waals surface area contributed by atoms with Crippen molar-refractivity contribution in [3.8, 4) is 0 Å². The van der Waals surface area contributed by atoms with Gasteiger partial charge in [-0.05, 0) is 12.8 Å². The summed E-state index contributed by atoms with van der Waals surface area (Å²) >= 11 is 0. The first-order chi connectivity index (χ1) is 12.8. The van der Waals surface area contributed by atoms with Crippen LogP contribution in [0.25, 0.3) is 0 Å². The van der Waals surface area contributed by atoms with Gasteiger partial charge in [-0.3, -0.25) is 0 Å². The Hall–Kier alpha value is -1.02. The quantitative estimate of drug-likeness (QED) is 0.215. The van der Waals surface area contributed by atoms with Crippen LogP contribution in [0.3, 0.4) is 0 Å². The molecule has 0 amide bonds. The van der Waals surface area contributed by atoms with E-state index < -0.39 is 87.8 Å². The van der Waals surface area contributed by atoms with Crippen LogP contribution >= 0.6 is 0 Å². The highest BCUT2D eigenvalue weighted by molar-refractivity contribution is 4.97. The van der Waals surface area contributed by atoms with E-state index in [9.17, 15) is 61.5 Å². The molecular weight excluding hydrogens is 450 g/mol. The lowest BCUT2D eigenvalue weighted by Crippen LogP contribution is -2.55. The largest absolute Gasteiger partial charge is 0.381 e. The molecule has 0 unspecified atom stereocenters. The Morgan fingerprint density at radius 1 is 0.448 bits per heavy atom. The van der Waals surface area contributed by atoms with Crippen LogP contribution in [0.15, 0.2) is 0 Å². The second kappa shape index (κ2) is 9.41. The van der Waals surface area contributed by atoms with Crippen LogP contribution in [0, 0.1) is 0 Å². The fraction of sp³-hybridized carbons (Fsp3) is 1.00. The molecule has 0 aromatic rings. The third-order valence-corrected chi connectivity index (χ3v) is 3.73. The van der Waals surface area contributed by atoms with E-state index in [0.29, 0.717) is 0 Å². The monoisotopic (exact) mass is 466 g/mol. The Morgan fingerprint density at radius 3 is 0.966 bits per heavy atom. The van der Waals surface area contributed by atoms with E-state index in [4.69, 9.17) is 0 Å². The Labute approximate surface area is 155 Å². The third kappa shape index (κ3) is 6.00. The summed E-state index contributed by atoms with van der Waals surface area (Å²) in [5.74, 6) is -34.0. The summed E-state index contributed by atoms with van der Waals surface area (Å²) in [5, 5.41) is 0. The zero-order valence-corrected chi connectivity index (χ0v) is 14.4. The minimum absolute atomic E-state index is 0.893. The van der Waals surface area contributed by atoms with E-state index in [0.717, 1.165) is 0 Å². The lowest BCUT2D eigenvalue weighted by molar-refractivity contribution is -0.314. The standard InChI is InChI=1S/C14H16F14O/c15-7-11(21,22)13(25,26)9(17,18)3-1-5-29-6-2-4-10(19,20)14(27,28)12(23,24)8-16/h1-8H2. The number of rotatable bonds is 14. The van der Waals surface area contributed by atoms with Crippen LogP contribution in [-0.2, 0) is 4.74 Å². The molecule has 0 N–H and O–H groups in total. The Kier molecular flexibility index (Phi) is 9.08. The average Bonchev–Trinajstić information content (AvgIpc) is 2.59. The molecule has 0 heterocycles. The van der Waals surface area contributed by atoms with E-state index in [1.807, 2.05) is 0 Å². The second-order valence-corrected chi connectivity index (χ2v) is 6.05. The number of hydrogen-bond acceptors (Lipinski definition) is 1. The summed E-state index contributed by atoms with van der Waals surface area (Å²) in [6, 6.07) is 0. The van der Waals surface area contributed by atoms with Crippen molar-refractivity contribution in [2.24, 2.45) is 0 Å². The van der Waals surface area contributed by atoms with Crippen LogP contribution in [0.1, 0.15) is 25.7 Å². The van der Waals surface area contributed by atoms with Gasteiger partial charge < -0.3 is 4.74 Å². The van der Waals surface area contributed by atoms with Crippen molar-refractivity contribution in [2.75, 3.05) is 26.6 Å². The molecule has 0 saturated carbocycles. The van der Waals surface area contributed by atoms with Gasteiger partial charge >= 0.3 is 35.5 Å². The van der Waals surface area contributed by atoms with Crippen LogP contribution in [0.5, 0.6) is 0 Å². The lowest BCUT2D eigenvalue weighted by atomic mass is 10.0. The zero-order valence-electron chi connectivity index (χ0n) is 14.4. The zero-order chi connectivity index (χ0) is 23.4. The van der Waals surface area contributed by atoms with Gasteiger partial charge in [0.2, 0.25) is 0 Å². The Bertz CT molecular complexity index is 461. The van der Waals surface area contributed by atoms with E-state index in [1.54, 1.807) is 0 Å². The predicted octanol–water partition coefficient (Wildman–Crippen LogP) is 6.31. The first-order valence-corrected chi connectivity index (χ1v) is 7.79. The summed E-state index contributed by atoms with van der Waals surface area (Å²) in [5.41, 5.74) is 0. The van der Waals surface area contributed by atoms with Gasteiger partial charge in [0.1, 0.15) is 0 Å². The molecule has 0 fully saturated rings. The van der Waals surface area contributed by atoms with E-state index in [-0.39, 0.29) is 0 Å². The van der Waals surface area contributed by atoms with Gasteiger partial charge in [-0.2, -0.15) is 52.7 Å². The van der Waals surface area contributed by atoms with Crippen molar-refractivity contribution in [1.82, 2.24) is 0 Å². The summed E-state index contributed by atoms with van der Waals surface area (Å²) in [7, 11) is 0. The molecule has 0 bridgehead atoms. The molecule has 0 aromatic heterocycles. The summed E-state index contributed by atoms with van der Waals surface area (Å²) in [6.45, 7) is -7.89. The van der Waals surface area contributed by atoms with Crippen LogP contribution in [-0.4, -0.2) is 62.1 Å². The summed E-state index contributed by atoms with van der Waals surface area (Å²) < 4.78 is 183. The first kappa shape index (κ1) is 28.0. The number of alkyl halides is 14. The van der Waals surface area contributed by atoms with Crippen molar-refractivity contribution in [2.45, 2.75) is 61.2 Å². The van der Waals surface area contributed by atoms with Gasteiger partial charge in [0.25, 0.3) is 0 Å². The highest BCUT2D eigenvalue weighted by atomic mass is 19.4. The van der Waals surface area contributed by atoms with Crippen molar-refractivity contribution in [1.29, 1.82) is 0 Å². The van der Waals surface area contributed by atoms with Crippen LogP contribution in [0.2, 0.25) is 0 Å². The molecular formula is C14H16F14O. The average molecular weight is 466 g/mol. The van der Waals surface area contributed by atoms with Crippen molar-refractivity contribution >= 4 is 0 Å². The molecule has 15 heteroatoms. The predicted molar refractivity (Wildman–Crippen MR) is 70.9 cm³/mol. The Balaban J connectivity index is 4.46. The maximum absolute atomic E-state index is 13.2. The number of ether oxygens (including phenoxy) is 1. The molecule has 0 spiro atoms. The SMILES string of the molecule is FCC(F)(F)C(F)(F)C(F)(F)CCCOCCCC(F)(F)C(F)(F)C(F)(F)CF. The molecule has 176 valence electrons. The van der Waals surface area contributed by atoms with E-state index in [1.165, 1.54) is 0 Å². The van der Waals surface area contributed by atoms with Gasteiger partial charge in [-0.15, -0.1) is 0 Å². The summed E-state index contributed by atoms with van der Waals surface area (Å²) in [6.07, 6.45) is -5.88. The second-order valence-electron chi connectivity index (χ2n) is 6.05. The normalized spacial score (nSPS) is 15.1. The molecule has 0 rings (SSSR count). The molecule has 0 atom stereocenters. The maximum Gasteiger partial charge on any atom is 0.374 e. The van der Waals surface area contributed by atoms with Crippen molar-refractivity contribution in [3.05, 3.63) is 0 Å². The maximum atomic E-state index is 13.2. The van der Waals surface area contributed by atoms with Gasteiger partial charge in [-0.1, -0.05) is 0 Å². The van der Waals surface area contributed by atoms with Gasteiger partial charge in [0.15, 0.2) is 13.3 Å². The fourth-order valence-corrected chi connectivity index (χ4v) is 1.91. The van der Waals surface area contributed by atoms with Crippen molar-refractivity contribution < 1.29 is 66.2 Å². The first-order valence-electron chi connectivity index (χ1n) is 7.79. The third-order valence-electron chi connectivity index (χ3n) is 3.73. The van der Waals surface area contributed by atoms with Gasteiger partial charge in [0.05, 0.1) is 0 Å². The Morgan fingerprint density at radius 2 is 0.724 bits per heavy atom. The molecule has 0 saturated heterocycles. The number of hydrogen-bond donors (Lipinski definition) is 0. The summed E-state index contributed by atoms with van der Waals surface area (Å²) in [4.78, 5) is 0. The van der Waals surface area contributed by atoms with E-state index in [2.05, 4.69) is 4.74 Å². The lowest BCUT2D eigenvalue weighted by Gasteiger charge is -2.31. The highest BCUT2D eigenvalue weighted by Gasteiger charge is 2.71. The molecule has 29 heavy (non-hydrogen) atoms. The molecule has 0 aromatic carbocycles. The minimum atomic E-state index is -6.02. The van der Waals surface area contributed by atoms with Crippen LogP contribution < -0.4 is 0 Å². The van der Waals surface area contributed by atoms with Gasteiger partial charge in [-0.25, -0.2) is 8.78 Å². The smallest absolute Gasteiger partial charge is 0.374 e. The molecule has 0 aliphatic rings. The molecule has 0 aliphatic heterocycles. The minimum Gasteiger partial charge on any atom is -0.381 e. The highest BCUT2D eigenvalue weighted by Crippen LogP contribution is 2.49. The molecule has 1 nitrogen and oxygen atoms in total. The van der Waals surface area contributed by atoms with Crippen molar-refractivity contribution in [3.63, 3.8) is 0 Å². The fourth-order valence-electron chi connectivity index (χ4n) is 1.91. The van der Waals surface area contributed by atoms with Crippen LogP contribution in [0.4, 0.5) is 61.5 Å². The molecule has 0 radical (unpaired) electrons.